The summed E-state index contributed by atoms with van der Waals surface area (Å²) < 4.78 is 32.4. The van der Waals surface area contributed by atoms with Crippen LogP contribution in [0.2, 0.25) is 0 Å². The van der Waals surface area contributed by atoms with E-state index in [1.165, 1.54) is 183 Å². The molecule has 0 spiro atoms. The zero-order valence-electron chi connectivity index (χ0n) is 71.4. The molecule has 0 saturated carbocycles. The maximum atomic E-state index is 5.58. The number of unbranched alkanes of at least 4 members (excludes halogenated alkanes) is 5. The lowest BCUT2D eigenvalue weighted by Gasteiger charge is -2.14. The predicted molar refractivity (Wildman–Crippen MR) is 477 cm³/mol. The highest BCUT2D eigenvalue weighted by Gasteiger charge is 2.48. The van der Waals surface area contributed by atoms with E-state index < -0.39 is 0 Å². The molecule has 10 aromatic rings. The topological polar surface area (TPSA) is 55.4 Å². The number of benzene rings is 10. The molecule has 4 aliphatic heterocycles. The number of rotatable bonds is 16. The standard InChI is InChI=1S/C16H26S.2C14H14.C13H20S.C12H12.C9H12.C8H14O4.C8H14O2.C8H10/c1-4-5-6-7-8-9-12-17-16-13-14(2)10-11-15(16)3;1-11-3-7-13(8-4-11)14-9-5-12(2)6-10-14;1-11-8-9-12(2)14(10-11)13-6-4-3-5-7-13;1-5-10(2)9-14-13-8-11(3)6-7-12(13)4;1-9-3-5-12-8-10(2)4-6-11(12)7-9;1-7-4-5-8(2)9(3)6-7;1-9-6-4-11-7-5(6)3-12-8(7)10-2;1-5-3-9-8-6(2)4-10-7(5)8;1-7-3-5-8(2)6-4-7/h10-11,13H,4-9,12H2,1-3H3;2*3-10H,1-2H3;6-8,10H,5,9H2,1-4H3;3-8H,1-2H3;4-6H,1-3H3;5-8H,3-4H2,1-2H3;5-8H,3-4H2,1-2H3;3-6H,1-2H3/t;;;;;;5-,6-,7+,8-;5-,6+,7?,8?;/m......1../s1. The van der Waals surface area contributed by atoms with Gasteiger partial charge in [-0.2, -0.15) is 0 Å². The minimum absolute atomic E-state index is 0.0694. The zero-order chi connectivity index (χ0) is 80.1. The van der Waals surface area contributed by atoms with Crippen molar-refractivity contribution in [3.05, 3.63) is 296 Å². The van der Waals surface area contributed by atoms with Gasteiger partial charge in [-0.25, -0.2) is 0 Å². The van der Waals surface area contributed by atoms with Gasteiger partial charge in [-0.3, -0.25) is 0 Å². The normalized spacial score (nSPS) is 18.4. The summed E-state index contributed by atoms with van der Waals surface area (Å²) in [6.45, 7) is 46.4. The number of ether oxygens (including phenoxy) is 6. The van der Waals surface area contributed by atoms with Gasteiger partial charge in [0.1, 0.15) is 6.10 Å². The second kappa shape index (κ2) is 49.4. The second-order valence-electron chi connectivity index (χ2n) is 31.2. The largest absolute Gasteiger partial charge is 0.379 e. The van der Waals surface area contributed by atoms with Gasteiger partial charge in [-0.05, 0) is 195 Å². The van der Waals surface area contributed by atoms with Crippen molar-refractivity contribution < 1.29 is 28.4 Å². The van der Waals surface area contributed by atoms with Gasteiger partial charge in [0.2, 0.25) is 0 Å². The smallest absolute Gasteiger partial charge is 0.183 e. The summed E-state index contributed by atoms with van der Waals surface area (Å²) in [6, 6.07) is 75.9. The van der Waals surface area contributed by atoms with E-state index in [1.807, 2.05) is 23.5 Å². The number of fused-ring (bicyclic) bond motifs is 3. The van der Waals surface area contributed by atoms with Gasteiger partial charge in [0.15, 0.2) is 6.29 Å². The molecule has 0 aromatic heterocycles. The van der Waals surface area contributed by atoms with Crippen LogP contribution < -0.4 is 0 Å². The van der Waals surface area contributed by atoms with Gasteiger partial charge in [0.25, 0.3) is 0 Å². The molecule has 0 aliphatic carbocycles. The monoisotopic (exact) mass is 1520 g/mol. The molecule has 0 bridgehead atoms. The van der Waals surface area contributed by atoms with Crippen molar-refractivity contribution in [2.75, 3.05) is 52.2 Å². The van der Waals surface area contributed by atoms with E-state index in [-0.39, 0.29) is 18.5 Å². The molecule has 4 fully saturated rings. The van der Waals surface area contributed by atoms with Crippen LogP contribution >= 0.6 is 23.5 Å². The molecular weight excluding hydrogens is 1390 g/mol. The van der Waals surface area contributed by atoms with E-state index in [1.54, 1.807) is 14.2 Å². The highest BCUT2D eigenvalue weighted by atomic mass is 32.2. The molecule has 4 heterocycles. The molecular formula is C102H136O6S2. The summed E-state index contributed by atoms with van der Waals surface area (Å²) in [5.41, 5.74) is 25.5. The van der Waals surface area contributed by atoms with E-state index in [4.69, 9.17) is 28.4 Å². The number of thioether (sulfide) groups is 2. The molecule has 3 unspecified atom stereocenters. The average Bonchev–Trinajstić information content (AvgIpc) is 1.65. The van der Waals surface area contributed by atoms with Gasteiger partial charge in [0, 0.05) is 47.5 Å². The second-order valence-corrected chi connectivity index (χ2v) is 33.4. The summed E-state index contributed by atoms with van der Waals surface area (Å²) in [5.74, 6) is 4.89. The molecule has 10 aromatic carbocycles. The lowest BCUT2D eigenvalue weighted by molar-refractivity contribution is -0.144. The van der Waals surface area contributed by atoms with Gasteiger partial charge >= 0.3 is 0 Å². The lowest BCUT2D eigenvalue weighted by Crippen LogP contribution is -2.28. The number of methoxy groups -OCH3 is 2. The first kappa shape index (κ1) is 91.8. The van der Waals surface area contributed by atoms with Crippen LogP contribution in [0.1, 0.15) is 163 Å². The minimum atomic E-state index is -0.199. The van der Waals surface area contributed by atoms with Crippen molar-refractivity contribution in [3.8, 4) is 22.3 Å². The number of hydrogen-bond donors (Lipinski definition) is 0. The summed E-state index contributed by atoms with van der Waals surface area (Å²) in [7, 11) is 3.34. The summed E-state index contributed by atoms with van der Waals surface area (Å²) in [6.07, 6.45) is 10.5. The molecule has 9 atom stereocenters. The van der Waals surface area contributed by atoms with Crippen LogP contribution in [-0.4, -0.2) is 82.9 Å². The Morgan fingerprint density at radius 2 is 0.764 bits per heavy atom. The van der Waals surface area contributed by atoms with Crippen molar-refractivity contribution in [1.82, 2.24) is 0 Å². The average molecular weight is 1520 g/mol. The molecule has 4 saturated heterocycles. The van der Waals surface area contributed by atoms with Crippen LogP contribution in [0.4, 0.5) is 0 Å². The van der Waals surface area contributed by atoms with E-state index in [0.717, 1.165) is 19.1 Å². The van der Waals surface area contributed by atoms with Gasteiger partial charge in [-0.15, -0.1) is 23.5 Å². The number of aryl methyl sites for hydroxylation is 15. The van der Waals surface area contributed by atoms with Crippen molar-refractivity contribution >= 4 is 34.3 Å². The van der Waals surface area contributed by atoms with Crippen molar-refractivity contribution in [3.63, 3.8) is 0 Å². The van der Waals surface area contributed by atoms with Crippen LogP contribution in [0.25, 0.3) is 33.0 Å². The van der Waals surface area contributed by atoms with E-state index in [2.05, 4.69) is 351 Å². The zero-order valence-corrected chi connectivity index (χ0v) is 73.0. The quantitative estimate of drug-likeness (QED) is 0.0701. The van der Waals surface area contributed by atoms with Gasteiger partial charge in [0.05, 0.1) is 44.7 Å². The summed E-state index contributed by atoms with van der Waals surface area (Å²) >= 11 is 4.02. The minimum Gasteiger partial charge on any atom is -0.379 e. The highest BCUT2D eigenvalue weighted by molar-refractivity contribution is 7.99. The van der Waals surface area contributed by atoms with Crippen molar-refractivity contribution in [2.45, 2.75) is 224 Å². The third kappa shape index (κ3) is 32.2. The van der Waals surface area contributed by atoms with Crippen LogP contribution in [0.5, 0.6) is 0 Å². The Bertz CT molecular complexity index is 4080. The first-order valence-electron chi connectivity index (χ1n) is 40.5. The Morgan fingerprint density at radius 1 is 0.355 bits per heavy atom. The fourth-order valence-electron chi connectivity index (χ4n) is 13.1. The Kier molecular flexibility index (Phi) is 41.2. The SMILES string of the molecule is CCC(C)CSc1cc(C)ccc1C.CCCCCCCCSc1cc(C)ccc1C.CO[C@@H]1OC[C@H]2[C@@H]1OC[C@H]2OC.C[C@@H]1COC2C1OC[C@@H]2C.Cc1ccc(-c2ccc(C)cc2)cc1.Cc1ccc(C)c(-c2ccccc2)c1.Cc1ccc(C)c(C)c1.Cc1ccc(C)cc1.Cc1ccc2cc(C)ccc2c1. The first-order chi connectivity index (χ1) is 52.8. The number of hydrogen-bond acceptors (Lipinski definition) is 8. The summed E-state index contributed by atoms with van der Waals surface area (Å²) in [5, 5.41) is 2.67. The molecule has 592 valence electrons. The van der Waals surface area contributed by atoms with Gasteiger partial charge in [-0.1, -0.05) is 329 Å². The van der Waals surface area contributed by atoms with Crippen LogP contribution in [0.15, 0.2) is 222 Å². The maximum absolute atomic E-state index is 5.58. The van der Waals surface area contributed by atoms with Crippen LogP contribution in [0, 0.1) is 128 Å². The first-order valence-corrected chi connectivity index (χ1v) is 42.5. The Hall–Kier alpha value is -7.08. The Balaban J connectivity index is 0.000000195. The highest BCUT2D eigenvalue weighted by Crippen LogP contribution is 2.36. The Morgan fingerprint density at radius 3 is 1.23 bits per heavy atom. The van der Waals surface area contributed by atoms with Gasteiger partial charge < -0.3 is 28.4 Å². The van der Waals surface area contributed by atoms with E-state index in [9.17, 15) is 0 Å². The third-order valence-corrected chi connectivity index (χ3v) is 23.5. The van der Waals surface area contributed by atoms with E-state index in [0.29, 0.717) is 43.2 Å². The predicted octanol–water partition coefficient (Wildman–Crippen LogP) is 27.6. The molecule has 4 aliphatic rings. The Labute approximate surface area is 676 Å². The van der Waals surface area contributed by atoms with Crippen LogP contribution in [0.3, 0.4) is 0 Å². The lowest BCUT2D eigenvalue weighted by atomic mass is 9.99. The third-order valence-electron chi connectivity index (χ3n) is 20.8. The molecule has 6 nitrogen and oxygen atoms in total. The molecule has 110 heavy (non-hydrogen) atoms. The molecule has 8 heteroatoms. The fourth-order valence-corrected chi connectivity index (χ4v) is 15.5. The van der Waals surface area contributed by atoms with Crippen molar-refractivity contribution in [1.29, 1.82) is 0 Å². The molecule has 0 amide bonds. The maximum Gasteiger partial charge on any atom is 0.183 e. The fraction of sp³-hybridized carbons (Fsp3) is 0.431. The molecule has 0 radical (unpaired) electrons. The van der Waals surface area contributed by atoms with Crippen LogP contribution in [-0.2, 0) is 28.4 Å². The molecule has 14 rings (SSSR count). The summed E-state index contributed by atoms with van der Waals surface area (Å²) in [4.78, 5) is 2.92. The molecule has 0 N–H and O–H groups in total. The van der Waals surface area contributed by atoms with E-state index >= 15 is 0 Å². The van der Waals surface area contributed by atoms with Crippen molar-refractivity contribution in [2.24, 2.45) is 23.7 Å².